The van der Waals surface area contributed by atoms with Gasteiger partial charge in [0.2, 0.25) is 5.91 Å². The number of hydrogen-bond acceptors (Lipinski definition) is 3. The van der Waals surface area contributed by atoms with Crippen LogP contribution in [-0.2, 0) is 4.79 Å². The third kappa shape index (κ3) is 4.56. The predicted octanol–water partition coefficient (Wildman–Crippen LogP) is 3.50. The summed E-state index contributed by atoms with van der Waals surface area (Å²) in [6.07, 6.45) is 0. The van der Waals surface area contributed by atoms with Gasteiger partial charge in [0, 0.05) is 6.54 Å². The third-order valence-corrected chi connectivity index (χ3v) is 4.23. The number of benzene rings is 2. The molecule has 2 aromatic carbocycles. The monoisotopic (exact) mass is 323 g/mol. The minimum Gasteiger partial charge on any atom is -0.348 e. The van der Waals surface area contributed by atoms with E-state index >= 15 is 0 Å². The summed E-state index contributed by atoms with van der Waals surface area (Å²) < 4.78 is 0. The minimum absolute atomic E-state index is 0.0116. The number of nitrogens with one attached hydrogen (secondary N) is 1. The van der Waals surface area contributed by atoms with Gasteiger partial charge in [-0.25, -0.2) is 0 Å². The molecule has 1 N–H and O–H groups in total. The summed E-state index contributed by atoms with van der Waals surface area (Å²) in [7, 11) is 0. The molecule has 4 heteroatoms. The summed E-state index contributed by atoms with van der Waals surface area (Å²) in [5.74, 6) is -0.0873. The number of likely N-dealkylation sites (N-methyl/N-ethyl adjacent to an activating group) is 1. The van der Waals surface area contributed by atoms with E-state index < -0.39 is 0 Å². The van der Waals surface area contributed by atoms with Crippen LogP contribution in [0.25, 0.3) is 10.8 Å². The van der Waals surface area contributed by atoms with Gasteiger partial charge in [0.1, 0.15) is 0 Å². The van der Waals surface area contributed by atoms with Gasteiger partial charge in [-0.2, -0.15) is 5.26 Å². The summed E-state index contributed by atoms with van der Waals surface area (Å²) in [5, 5.41) is 14.4. The zero-order valence-electron chi connectivity index (χ0n) is 14.6. The molecule has 0 heterocycles. The van der Waals surface area contributed by atoms with Gasteiger partial charge in [-0.05, 0) is 36.7 Å². The first-order valence-electron chi connectivity index (χ1n) is 8.44. The molecule has 24 heavy (non-hydrogen) atoms. The SMILES string of the molecule is CCN(CC(=O)NC(C)c1cccc2ccccc12)CC(C)C#N. The lowest BCUT2D eigenvalue weighted by Gasteiger charge is -2.23. The van der Waals surface area contributed by atoms with Crippen LogP contribution in [0, 0.1) is 17.2 Å². The molecule has 0 radical (unpaired) electrons. The maximum absolute atomic E-state index is 12.4. The van der Waals surface area contributed by atoms with E-state index in [4.69, 9.17) is 5.26 Å². The fraction of sp³-hybridized carbons (Fsp3) is 0.400. The average molecular weight is 323 g/mol. The molecule has 0 aliphatic heterocycles. The molecule has 126 valence electrons. The van der Waals surface area contributed by atoms with E-state index in [1.54, 1.807) is 0 Å². The topological polar surface area (TPSA) is 56.1 Å². The molecule has 0 saturated heterocycles. The fourth-order valence-electron chi connectivity index (χ4n) is 2.93. The van der Waals surface area contributed by atoms with Gasteiger partial charge < -0.3 is 5.32 Å². The van der Waals surface area contributed by atoms with Crippen LogP contribution in [0.3, 0.4) is 0 Å². The molecule has 4 nitrogen and oxygen atoms in total. The molecule has 2 rings (SSSR count). The third-order valence-electron chi connectivity index (χ3n) is 4.23. The summed E-state index contributed by atoms with van der Waals surface area (Å²) in [6.45, 7) is 7.57. The van der Waals surface area contributed by atoms with Crippen LogP contribution in [0.1, 0.15) is 32.4 Å². The first kappa shape index (κ1) is 18.0. The maximum atomic E-state index is 12.4. The van der Waals surface area contributed by atoms with Crippen LogP contribution in [0.4, 0.5) is 0 Å². The van der Waals surface area contributed by atoms with Crippen molar-refractivity contribution >= 4 is 16.7 Å². The quantitative estimate of drug-likeness (QED) is 0.848. The number of nitriles is 1. The number of rotatable bonds is 7. The van der Waals surface area contributed by atoms with Crippen molar-refractivity contribution in [2.24, 2.45) is 5.92 Å². The van der Waals surface area contributed by atoms with Crippen molar-refractivity contribution in [2.45, 2.75) is 26.8 Å². The van der Waals surface area contributed by atoms with Crippen molar-refractivity contribution in [3.05, 3.63) is 48.0 Å². The Labute approximate surface area is 144 Å². The molecule has 2 aromatic rings. The van der Waals surface area contributed by atoms with E-state index in [1.807, 2.05) is 43.9 Å². The van der Waals surface area contributed by atoms with Gasteiger partial charge >= 0.3 is 0 Å². The number of carbonyl (C=O) groups is 1. The van der Waals surface area contributed by atoms with Crippen molar-refractivity contribution in [3.63, 3.8) is 0 Å². The van der Waals surface area contributed by atoms with E-state index in [2.05, 4.69) is 35.7 Å². The van der Waals surface area contributed by atoms with Gasteiger partial charge in [0.05, 0.1) is 24.6 Å². The van der Waals surface area contributed by atoms with Crippen LogP contribution in [0.2, 0.25) is 0 Å². The van der Waals surface area contributed by atoms with Gasteiger partial charge in [0.25, 0.3) is 0 Å². The summed E-state index contributed by atoms with van der Waals surface area (Å²) >= 11 is 0. The van der Waals surface area contributed by atoms with E-state index in [1.165, 1.54) is 10.8 Å². The molecule has 2 atom stereocenters. The van der Waals surface area contributed by atoms with Gasteiger partial charge in [-0.1, -0.05) is 49.4 Å². The molecule has 0 aliphatic carbocycles. The number of fused-ring (bicyclic) bond motifs is 1. The first-order valence-corrected chi connectivity index (χ1v) is 8.44. The Morgan fingerprint density at radius 1 is 1.21 bits per heavy atom. The van der Waals surface area contributed by atoms with Crippen molar-refractivity contribution in [3.8, 4) is 6.07 Å². The molecule has 0 spiro atoms. The van der Waals surface area contributed by atoms with Crippen molar-refractivity contribution in [1.82, 2.24) is 10.2 Å². The van der Waals surface area contributed by atoms with Gasteiger partial charge in [-0.3, -0.25) is 9.69 Å². The van der Waals surface area contributed by atoms with Gasteiger partial charge in [-0.15, -0.1) is 0 Å². The maximum Gasteiger partial charge on any atom is 0.234 e. The second-order valence-electron chi connectivity index (χ2n) is 6.22. The van der Waals surface area contributed by atoms with E-state index in [0.717, 1.165) is 12.1 Å². The number of carbonyl (C=O) groups excluding carboxylic acids is 1. The van der Waals surface area contributed by atoms with Crippen LogP contribution in [-0.4, -0.2) is 30.4 Å². The van der Waals surface area contributed by atoms with E-state index in [0.29, 0.717) is 13.1 Å². The fourth-order valence-corrected chi connectivity index (χ4v) is 2.93. The second-order valence-corrected chi connectivity index (χ2v) is 6.22. The molecule has 0 bridgehead atoms. The lowest BCUT2D eigenvalue weighted by molar-refractivity contribution is -0.122. The molecule has 0 aromatic heterocycles. The Morgan fingerprint density at radius 2 is 1.92 bits per heavy atom. The molecule has 0 saturated carbocycles. The number of nitrogens with zero attached hydrogens (tertiary/aromatic N) is 2. The first-order chi connectivity index (χ1) is 11.5. The lowest BCUT2D eigenvalue weighted by Crippen LogP contribution is -2.39. The van der Waals surface area contributed by atoms with E-state index in [-0.39, 0.29) is 17.9 Å². The zero-order valence-corrected chi connectivity index (χ0v) is 14.6. The molecule has 1 amide bonds. The van der Waals surface area contributed by atoms with Gasteiger partial charge in [0.15, 0.2) is 0 Å². The minimum atomic E-state index is -0.0757. The van der Waals surface area contributed by atoms with E-state index in [9.17, 15) is 4.79 Å². The van der Waals surface area contributed by atoms with Crippen molar-refractivity contribution < 1.29 is 4.79 Å². The summed E-state index contributed by atoms with van der Waals surface area (Å²) in [5.41, 5.74) is 1.12. The Morgan fingerprint density at radius 3 is 2.62 bits per heavy atom. The molecule has 0 fully saturated rings. The highest BCUT2D eigenvalue weighted by Crippen LogP contribution is 2.23. The number of hydrogen-bond donors (Lipinski definition) is 1. The second kappa shape index (κ2) is 8.47. The molecular formula is C20H25N3O. The van der Waals surface area contributed by atoms with Crippen molar-refractivity contribution in [2.75, 3.05) is 19.6 Å². The highest BCUT2D eigenvalue weighted by Gasteiger charge is 2.16. The lowest BCUT2D eigenvalue weighted by atomic mass is 10.00. The standard InChI is InChI=1S/C20H25N3O/c1-4-23(13-15(2)12-21)14-20(24)22-16(3)18-11-7-9-17-8-5-6-10-19(17)18/h5-11,15-16H,4,13-14H2,1-3H3,(H,22,24). The Bertz CT molecular complexity index is 730. The van der Waals surface area contributed by atoms with Crippen molar-refractivity contribution in [1.29, 1.82) is 5.26 Å². The molecular weight excluding hydrogens is 298 g/mol. The predicted molar refractivity (Wildman–Crippen MR) is 97.4 cm³/mol. The van der Waals surface area contributed by atoms with Crippen LogP contribution in [0.15, 0.2) is 42.5 Å². The summed E-state index contributed by atoms with van der Waals surface area (Å²) in [6, 6.07) is 16.5. The highest BCUT2D eigenvalue weighted by atomic mass is 16.2. The Balaban J connectivity index is 2.04. The largest absolute Gasteiger partial charge is 0.348 e. The van der Waals surface area contributed by atoms with Crippen LogP contribution in [0.5, 0.6) is 0 Å². The Hall–Kier alpha value is -2.38. The smallest absolute Gasteiger partial charge is 0.234 e. The zero-order chi connectivity index (χ0) is 17.5. The number of amides is 1. The van der Waals surface area contributed by atoms with Crippen LogP contribution >= 0.6 is 0 Å². The normalized spacial score (nSPS) is 13.5. The molecule has 0 aliphatic rings. The summed E-state index contributed by atoms with van der Waals surface area (Å²) in [4.78, 5) is 14.4. The highest BCUT2D eigenvalue weighted by molar-refractivity contribution is 5.87. The molecule has 2 unspecified atom stereocenters. The average Bonchev–Trinajstić information content (AvgIpc) is 2.60. The van der Waals surface area contributed by atoms with Crippen LogP contribution < -0.4 is 5.32 Å². The Kier molecular flexibility index (Phi) is 6.34.